The van der Waals surface area contributed by atoms with Crippen LogP contribution in [0.1, 0.15) is 0 Å². The second-order valence-electron chi connectivity index (χ2n) is 2.88. The third-order valence-corrected chi connectivity index (χ3v) is 2.51. The molecule has 1 aromatic heterocycles. The normalized spacial score (nSPS) is 10.5. The first-order valence-electron chi connectivity index (χ1n) is 4.01. The minimum absolute atomic E-state index is 0.102. The van der Waals surface area contributed by atoms with E-state index in [1.165, 1.54) is 6.07 Å². The Hall–Kier alpha value is -1.63. The van der Waals surface area contributed by atoms with Crippen molar-refractivity contribution >= 4 is 21.9 Å². The van der Waals surface area contributed by atoms with E-state index in [0.717, 1.165) is 4.68 Å². The van der Waals surface area contributed by atoms with E-state index in [4.69, 9.17) is 11.6 Å². The van der Waals surface area contributed by atoms with E-state index in [9.17, 15) is 4.39 Å². The van der Waals surface area contributed by atoms with Crippen molar-refractivity contribution in [2.24, 2.45) is 0 Å². The highest BCUT2D eigenvalue weighted by Gasteiger charge is 2.10. The van der Waals surface area contributed by atoms with Gasteiger partial charge in [-0.05, 0) is 34.1 Å². The summed E-state index contributed by atoms with van der Waals surface area (Å²) in [6.45, 7) is 0. The molecule has 0 amide bonds. The van der Waals surface area contributed by atoms with E-state index in [2.05, 4.69) is 26.1 Å². The fraction of sp³-hybridized carbons (Fsp3) is 0. The van der Waals surface area contributed by atoms with Gasteiger partial charge in [0.05, 0.1) is 4.47 Å². The number of anilines is 1. The van der Waals surface area contributed by atoms with E-state index in [0.29, 0.717) is 15.9 Å². The van der Waals surface area contributed by atoms with E-state index in [1.807, 2.05) is 0 Å². The number of aromatic nitrogens is 3. The molecule has 0 atom stereocenters. The smallest absolute Gasteiger partial charge is 0.241 e. The van der Waals surface area contributed by atoms with Gasteiger partial charge >= 0.3 is 0 Å². The SMILES string of the molecule is Nc1nnc(-c2ccc(F)c(Br)c2)n1N. The minimum atomic E-state index is -0.352. The summed E-state index contributed by atoms with van der Waals surface area (Å²) in [5, 5.41) is 7.38. The van der Waals surface area contributed by atoms with Crippen molar-refractivity contribution in [1.29, 1.82) is 0 Å². The predicted molar refractivity (Wildman–Crippen MR) is 57.7 cm³/mol. The molecular weight excluding hydrogens is 265 g/mol. The van der Waals surface area contributed by atoms with Crippen LogP contribution in [-0.4, -0.2) is 14.9 Å². The topological polar surface area (TPSA) is 82.8 Å². The number of nitrogens with two attached hydrogens (primary N) is 2. The number of benzene rings is 1. The maximum atomic E-state index is 13.0. The molecule has 0 aliphatic heterocycles. The number of halogens is 2. The molecule has 2 rings (SSSR count). The summed E-state index contributed by atoms with van der Waals surface area (Å²) in [7, 11) is 0. The first-order chi connectivity index (χ1) is 7.09. The Morgan fingerprint density at radius 2 is 2.07 bits per heavy atom. The second-order valence-corrected chi connectivity index (χ2v) is 3.74. The molecule has 1 heterocycles. The third kappa shape index (κ3) is 1.65. The van der Waals surface area contributed by atoms with Crippen LogP contribution in [0.4, 0.5) is 10.3 Å². The minimum Gasteiger partial charge on any atom is -0.366 e. The van der Waals surface area contributed by atoms with Crippen molar-refractivity contribution in [3.05, 3.63) is 28.5 Å². The van der Waals surface area contributed by atoms with Crippen LogP contribution in [0.25, 0.3) is 11.4 Å². The van der Waals surface area contributed by atoms with Crippen LogP contribution in [-0.2, 0) is 0 Å². The van der Waals surface area contributed by atoms with Gasteiger partial charge in [-0.25, -0.2) is 9.07 Å². The van der Waals surface area contributed by atoms with Crippen LogP contribution < -0.4 is 11.6 Å². The van der Waals surface area contributed by atoms with E-state index < -0.39 is 0 Å². The second kappa shape index (κ2) is 3.50. The first kappa shape index (κ1) is 9.91. The Balaban J connectivity index is 2.55. The lowest BCUT2D eigenvalue weighted by molar-refractivity contribution is 0.621. The third-order valence-electron chi connectivity index (χ3n) is 1.90. The van der Waals surface area contributed by atoms with Gasteiger partial charge in [0.15, 0.2) is 5.82 Å². The van der Waals surface area contributed by atoms with Crippen LogP contribution in [0.2, 0.25) is 0 Å². The molecule has 0 saturated heterocycles. The van der Waals surface area contributed by atoms with Gasteiger partial charge in [-0.2, -0.15) is 0 Å². The Labute approximate surface area is 93.0 Å². The van der Waals surface area contributed by atoms with Crippen molar-refractivity contribution < 1.29 is 4.39 Å². The molecule has 2 aromatic rings. The summed E-state index contributed by atoms with van der Waals surface area (Å²) in [5.74, 6) is 5.71. The van der Waals surface area contributed by atoms with Crippen molar-refractivity contribution in [1.82, 2.24) is 14.9 Å². The van der Waals surface area contributed by atoms with Gasteiger partial charge in [-0.15, -0.1) is 10.2 Å². The average Bonchev–Trinajstić information content (AvgIpc) is 2.53. The summed E-state index contributed by atoms with van der Waals surface area (Å²) in [5.41, 5.74) is 6.06. The molecule has 0 bridgehead atoms. The Morgan fingerprint density at radius 1 is 1.33 bits per heavy atom. The standard InChI is InChI=1S/C8H7BrFN5/c9-5-3-4(1-2-6(5)10)7-13-14-8(11)15(7)12/h1-3H,12H2,(H2,11,14). The Bertz CT molecular complexity index is 510. The molecule has 0 aliphatic rings. The highest BCUT2D eigenvalue weighted by molar-refractivity contribution is 9.10. The zero-order valence-electron chi connectivity index (χ0n) is 7.48. The highest BCUT2D eigenvalue weighted by Crippen LogP contribution is 2.23. The van der Waals surface area contributed by atoms with Gasteiger partial charge in [0.2, 0.25) is 5.95 Å². The lowest BCUT2D eigenvalue weighted by Crippen LogP contribution is -2.13. The number of rotatable bonds is 1. The van der Waals surface area contributed by atoms with Crippen LogP contribution in [0, 0.1) is 5.82 Å². The maximum Gasteiger partial charge on any atom is 0.241 e. The lowest BCUT2D eigenvalue weighted by atomic mass is 10.2. The van der Waals surface area contributed by atoms with Crippen LogP contribution in [0.3, 0.4) is 0 Å². The predicted octanol–water partition coefficient (Wildman–Crippen LogP) is 1.14. The van der Waals surface area contributed by atoms with Crippen LogP contribution >= 0.6 is 15.9 Å². The Morgan fingerprint density at radius 3 is 2.60 bits per heavy atom. The van der Waals surface area contributed by atoms with Gasteiger partial charge in [-0.1, -0.05) is 0 Å². The summed E-state index contributed by atoms with van der Waals surface area (Å²) >= 11 is 3.07. The summed E-state index contributed by atoms with van der Waals surface area (Å²) in [4.78, 5) is 0. The zero-order chi connectivity index (χ0) is 11.0. The first-order valence-corrected chi connectivity index (χ1v) is 4.80. The van der Waals surface area contributed by atoms with Gasteiger partial charge in [0.25, 0.3) is 0 Å². The molecule has 1 aromatic carbocycles. The van der Waals surface area contributed by atoms with E-state index in [-0.39, 0.29) is 11.8 Å². The number of hydrogen-bond donors (Lipinski definition) is 2. The molecular formula is C8H7BrFN5. The average molecular weight is 272 g/mol. The monoisotopic (exact) mass is 271 g/mol. The van der Waals surface area contributed by atoms with Gasteiger partial charge in [-0.3, -0.25) is 0 Å². The molecule has 4 N–H and O–H groups in total. The number of nitrogens with zero attached hydrogens (tertiary/aromatic N) is 3. The molecule has 0 fully saturated rings. The highest BCUT2D eigenvalue weighted by atomic mass is 79.9. The van der Waals surface area contributed by atoms with Gasteiger partial charge in [0, 0.05) is 5.56 Å². The van der Waals surface area contributed by atoms with Crippen LogP contribution in [0.5, 0.6) is 0 Å². The number of hydrogen-bond acceptors (Lipinski definition) is 4. The molecule has 0 spiro atoms. The quantitative estimate of drug-likeness (QED) is 0.762. The lowest BCUT2D eigenvalue weighted by Gasteiger charge is -2.02. The fourth-order valence-corrected chi connectivity index (χ4v) is 1.51. The van der Waals surface area contributed by atoms with Crippen molar-refractivity contribution in [2.45, 2.75) is 0 Å². The summed E-state index contributed by atoms with van der Waals surface area (Å²) in [6.07, 6.45) is 0. The van der Waals surface area contributed by atoms with E-state index >= 15 is 0 Å². The van der Waals surface area contributed by atoms with Crippen molar-refractivity contribution in [3.8, 4) is 11.4 Å². The molecule has 5 nitrogen and oxygen atoms in total. The number of nitrogen functional groups attached to an aromatic ring is 2. The van der Waals surface area contributed by atoms with Gasteiger partial charge < -0.3 is 11.6 Å². The zero-order valence-corrected chi connectivity index (χ0v) is 9.07. The summed E-state index contributed by atoms with van der Waals surface area (Å²) in [6, 6.07) is 4.42. The fourth-order valence-electron chi connectivity index (χ4n) is 1.14. The molecule has 15 heavy (non-hydrogen) atoms. The van der Waals surface area contributed by atoms with Crippen molar-refractivity contribution in [2.75, 3.05) is 11.6 Å². The Kier molecular flexibility index (Phi) is 2.31. The molecule has 0 radical (unpaired) electrons. The van der Waals surface area contributed by atoms with Crippen LogP contribution in [0.15, 0.2) is 22.7 Å². The molecule has 7 heteroatoms. The largest absolute Gasteiger partial charge is 0.366 e. The molecule has 78 valence electrons. The van der Waals surface area contributed by atoms with Crippen molar-refractivity contribution in [3.63, 3.8) is 0 Å². The van der Waals surface area contributed by atoms with Gasteiger partial charge in [0.1, 0.15) is 5.82 Å². The molecule has 0 saturated carbocycles. The van der Waals surface area contributed by atoms with E-state index in [1.54, 1.807) is 12.1 Å². The maximum absolute atomic E-state index is 13.0. The summed E-state index contributed by atoms with van der Waals surface area (Å²) < 4.78 is 14.4. The molecule has 0 aliphatic carbocycles. The molecule has 0 unspecified atom stereocenters.